The van der Waals surface area contributed by atoms with Crippen LogP contribution in [0.3, 0.4) is 0 Å². The lowest BCUT2D eigenvalue weighted by molar-refractivity contribution is -0.126. The van der Waals surface area contributed by atoms with Gasteiger partial charge in [0.05, 0.1) is 12.2 Å². The summed E-state index contributed by atoms with van der Waals surface area (Å²) in [7, 11) is 1.62. The first-order chi connectivity index (χ1) is 12.5. The third-order valence-electron chi connectivity index (χ3n) is 4.58. The minimum Gasteiger partial charge on any atom is -0.449 e. The van der Waals surface area contributed by atoms with Crippen LogP contribution in [-0.4, -0.2) is 31.1 Å². The maximum atomic E-state index is 12.9. The topological polar surface area (TPSA) is 55.8 Å². The molecule has 3 rings (SSSR count). The molecule has 0 unspecified atom stereocenters. The first kappa shape index (κ1) is 18.1. The van der Waals surface area contributed by atoms with Gasteiger partial charge in [0, 0.05) is 18.8 Å². The lowest BCUT2D eigenvalue weighted by Crippen LogP contribution is -2.43. The average Bonchev–Trinajstić information content (AvgIpc) is 2.97. The molecule has 5 heteroatoms. The second-order valence-electron chi connectivity index (χ2n) is 6.57. The Kier molecular flexibility index (Phi) is 5.38. The summed E-state index contributed by atoms with van der Waals surface area (Å²) in [5.74, 6) is -0.707. The molecule has 1 amide bonds. The highest BCUT2D eigenvalue weighted by molar-refractivity contribution is 6.00. The predicted octanol–water partition coefficient (Wildman–Crippen LogP) is 3.36. The van der Waals surface area contributed by atoms with Gasteiger partial charge in [0.25, 0.3) is 5.91 Å². The van der Waals surface area contributed by atoms with Gasteiger partial charge in [0.15, 0.2) is 6.10 Å². The van der Waals surface area contributed by atoms with Crippen LogP contribution in [0.5, 0.6) is 0 Å². The normalized spacial score (nSPS) is 16.9. The largest absolute Gasteiger partial charge is 0.449 e. The number of anilines is 1. The van der Waals surface area contributed by atoms with Gasteiger partial charge in [0.2, 0.25) is 0 Å². The van der Waals surface area contributed by atoms with Gasteiger partial charge >= 0.3 is 5.97 Å². The number of hydrogen-bond acceptors (Lipinski definition) is 4. The molecule has 2 aromatic carbocycles. The Morgan fingerprint density at radius 1 is 1.15 bits per heavy atom. The van der Waals surface area contributed by atoms with Crippen LogP contribution >= 0.6 is 0 Å². The molecule has 0 N–H and O–H groups in total. The van der Waals surface area contributed by atoms with Crippen molar-refractivity contribution in [2.45, 2.75) is 39.0 Å². The summed E-state index contributed by atoms with van der Waals surface area (Å²) in [6.07, 6.45) is -0.0430. The van der Waals surface area contributed by atoms with Crippen molar-refractivity contribution in [3.05, 3.63) is 65.2 Å². The van der Waals surface area contributed by atoms with Gasteiger partial charge in [-0.05, 0) is 49.6 Å². The summed E-state index contributed by atoms with van der Waals surface area (Å²) in [6.45, 7) is 4.10. The molecule has 0 radical (unpaired) electrons. The van der Waals surface area contributed by atoms with E-state index in [9.17, 15) is 9.59 Å². The van der Waals surface area contributed by atoms with Crippen LogP contribution in [-0.2, 0) is 27.3 Å². The fourth-order valence-corrected chi connectivity index (χ4v) is 3.28. The van der Waals surface area contributed by atoms with E-state index in [-0.39, 0.29) is 11.9 Å². The van der Waals surface area contributed by atoms with Crippen LogP contribution in [0.25, 0.3) is 0 Å². The molecule has 1 heterocycles. The maximum absolute atomic E-state index is 12.9. The molecule has 0 aromatic heterocycles. The molecule has 0 saturated heterocycles. The van der Waals surface area contributed by atoms with E-state index in [1.807, 2.05) is 43.3 Å². The van der Waals surface area contributed by atoms with Crippen molar-refractivity contribution >= 4 is 17.6 Å². The predicted molar refractivity (Wildman–Crippen MR) is 99.1 cm³/mol. The zero-order valence-corrected chi connectivity index (χ0v) is 15.3. The summed E-state index contributed by atoms with van der Waals surface area (Å²) >= 11 is 0. The Labute approximate surface area is 153 Å². The Morgan fingerprint density at radius 2 is 1.85 bits per heavy atom. The van der Waals surface area contributed by atoms with Gasteiger partial charge in [0.1, 0.15) is 0 Å². The third kappa shape index (κ3) is 3.63. The van der Waals surface area contributed by atoms with Crippen LogP contribution in [0, 0.1) is 0 Å². The number of esters is 1. The van der Waals surface area contributed by atoms with Crippen molar-refractivity contribution in [2.24, 2.45) is 0 Å². The van der Waals surface area contributed by atoms with Crippen LogP contribution in [0.1, 0.15) is 35.3 Å². The summed E-state index contributed by atoms with van der Waals surface area (Å²) in [5.41, 5.74) is 3.42. The smallest absolute Gasteiger partial charge is 0.338 e. The van der Waals surface area contributed by atoms with Crippen molar-refractivity contribution in [2.75, 3.05) is 12.0 Å². The zero-order chi connectivity index (χ0) is 18.7. The van der Waals surface area contributed by atoms with Gasteiger partial charge in [-0.3, -0.25) is 4.79 Å². The fraction of sp³-hybridized carbons (Fsp3) is 0.333. The molecule has 1 aliphatic heterocycles. The highest BCUT2D eigenvalue weighted by atomic mass is 16.5. The summed E-state index contributed by atoms with van der Waals surface area (Å²) < 4.78 is 10.5. The molecule has 2 atom stereocenters. The van der Waals surface area contributed by atoms with Crippen molar-refractivity contribution in [3.63, 3.8) is 0 Å². The molecule has 0 saturated carbocycles. The number of hydrogen-bond donors (Lipinski definition) is 0. The van der Waals surface area contributed by atoms with E-state index in [1.54, 1.807) is 31.1 Å². The Bertz CT molecular complexity index is 800. The van der Waals surface area contributed by atoms with Gasteiger partial charge in [-0.15, -0.1) is 0 Å². The number of rotatable bonds is 5. The van der Waals surface area contributed by atoms with E-state index in [2.05, 4.69) is 0 Å². The van der Waals surface area contributed by atoms with E-state index in [0.29, 0.717) is 12.2 Å². The second-order valence-corrected chi connectivity index (χ2v) is 6.57. The Morgan fingerprint density at radius 3 is 2.54 bits per heavy atom. The number of ether oxygens (including phenoxy) is 2. The quantitative estimate of drug-likeness (QED) is 0.774. The summed E-state index contributed by atoms with van der Waals surface area (Å²) in [6, 6.07) is 14.9. The van der Waals surface area contributed by atoms with Crippen LogP contribution in [0.4, 0.5) is 5.69 Å². The second kappa shape index (κ2) is 7.70. The number of para-hydroxylation sites is 1. The highest BCUT2D eigenvalue weighted by Crippen LogP contribution is 2.32. The number of carbonyl (C=O) groups excluding carboxylic acids is 2. The van der Waals surface area contributed by atoms with E-state index in [4.69, 9.17) is 9.47 Å². The highest BCUT2D eigenvalue weighted by Gasteiger charge is 2.34. The van der Waals surface area contributed by atoms with Gasteiger partial charge in [-0.25, -0.2) is 4.79 Å². The van der Waals surface area contributed by atoms with Crippen LogP contribution < -0.4 is 4.90 Å². The van der Waals surface area contributed by atoms with Gasteiger partial charge in [-0.1, -0.05) is 30.3 Å². The van der Waals surface area contributed by atoms with Gasteiger partial charge in [-0.2, -0.15) is 0 Å². The fourth-order valence-electron chi connectivity index (χ4n) is 3.28. The number of methoxy groups -OCH3 is 1. The summed E-state index contributed by atoms with van der Waals surface area (Å²) in [5, 5.41) is 0. The van der Waals surface area contributed by atoms with Gasteiger partial charge < -0.3 is 14.4 Å². The number of amides is 1. The summed E-state index contributed by atoms with van der Waals surface area (Å²) in [4.78, 5) is 26.9. The minimum atomic E-state index is -0.852. The molecule has 136 valence electrons. The molecular weight excluding hydrogens is 330 g/mol. The Balaban J connectivity index is 1.68. The molecule has 0 fully saturated rings. The average molecular weight is 353 g/mol. The molecule has 1 aliphatic rings. The molecule has 5 nitrogen and oxygen atoms in total. The zero-order valence-electron chi connectivity index (χ0n) is 15.3. The van der Waals surface area contributed by atoms with E-state index < -0.39 is 12.1 Å². The first-order valence-corrected chi connectivity index (χ1v) is 8.71. The lowest BCUT2D eigenvalue weighted by Gasteiger charge is -2.26. The minimum absolute atomic E-state index is 0.0504. The van der Waals surface area contributed by atoms with Crippen molar-refractivity contribution in [1.82, 2.24) is 0 Å². The van der Waals surface area contributed by atoms with E-state index >= 15 is 0 Å². The van der Waals surface area contributed by atoms with Crippen molar-refractivity contribution in [3.8, 4) is 0 Å². The van der Waals surface area contributed by atoms with Crippen LogP contribution in [0.15, 0.2) is 48.5 Å². The molecular formula is C21H23NO4. The number of carbonyl (C=O) groups is 2. The van der Waals surface area contributed by atoms with Crippen LogP contribution in [0.2, 0.25) is 0 Å². The molecule has 0 bridgehead atoms. The molecule has 26 heavy (non-hydrogen) atoms. The maximum Gasteiger partial charge on any atom is 0.338 e. The third-order valence-corrected chi connectivity index (χ3v) is 4.58. The van der Waals surface area contributed by atoms with Crippen molar-refractivity contribution < 1.29 is 19.1 Å². The molecule has 0 aliphatic carbocycles. The standard InChI is InChI=1S/C21H23NO4/c1-14-12-18-6-4-5-7-19(18)22(14)20(23)15(2)26-21(24)17-10-8-16(9-11-17)13-25-3/h4-11,14-15H,12-13H2,1-3H3/t14-,15+/m1/s1. The molecule has 0 spiro atoms. The number of benzene rings is 2. The van der Waals surface area contributed by atoms with E-state index in [0.717, 1.165) is 23.2 Å². The SMILES string of the molecule is COCc1ccc(C(=O)O[C@@H](C)C(=O)N2c3ccccc3C[C@H]2C)cc1. The first-order valence-electron chi connectivity index (χ1n) is 8.71. The lowest BCUT2D eigenvalue weighted by atomic mass is 10.1. The Hall–Kier alpha value is -2.66. The number of nitrogens with zero attached hydrogens (tertiary/aromatic N) is 1. The molecule has 2 aromatic rings. The van der Waals surface area contributed by atoms with E-state index in [1.165, 1.54) is 0 Å². The monoisotopic (exact) mass is 353 g/mol. The van der Waals surface area contributed by atoms with Crippen molar-refractivity contribution in [1.29, 1.82) is 0 Å². The number of fused-ring (bicyclic) bond motifs is 1.